The lowest BCUT2D eigenvalue weighted by Gasteiger charge is -2.36. The summed E-state index contributed by atoms with van der Waals surface area (Å²) in [5, 5.41) is 1.92. The van der Waals surface area contributed by atoms with Crippen LogP contribution in [0.4, 0.5) is 0 Å². The predicted octanol–water partition coefficient (Wildman–Crippen LogP) is 0.702. The van der Waals surface area contributed by atoms with Crippen molar-refractivity contribution in [3.63, 3.8) is 0 Å². The molecule has 3 N–H and O–H groups in total. The molecule has 3 heterocycles. The molecule has 0 radical (unpaired) electrons. The van der Waals surface area contributed by atoms with Crippen LogP contribution < -0.4 is 16.3 Å². The quantitative estimate of drug-likeness (QED) is 0.667. The second-order valence-corrected chi connectivity index (χ2v) is 5.46. The van der Waals surface area contributed by atoms with Crippen LogP contribution in [0.3, 0.4) is 0 Å². The first-order valence-electron chi connectivity index (χ1n) is 7.05. The summed E-state index contributed by atoms with van der Waals surface area (Å²) in [7, 11) is 1.65. The van der Waals surface area contributed by atoms with Gasteiger partial charge in [-0.2, -0.15) is 0 Å². The zero-order valence-electron chi connectivity index (χ0n) is 12.2. The number of allylic oxidation sites excluding steroid dienone is 2. The van der Waals surface area contributed by atoms with Gasteiger partial charge < -0.3 is 4.74 Å². The first-order valence-corrected chi connectivity index (χ1v) is 7.05. The number of carbonyl (C=O) groups excluding carboxylic acids is 1. The molecule has 0 aromatic rings. The molecule has 1 amide bonds. The van der Waals surface area contributed by atoms with Crippen LogP contribution in [0.1, 0.15) is 13.3 Å². The number of hydrogen-bond donors (Lipinski definition) is 3. The molecule has 0 spiro atoms. The van der Waals surface area contributed by atoms with Gasteiger partial charge in [0, 0.05) is 12.5 Å². The summed E-state index contributed by atoms with van der Waals surface area (Å²) in [4.78, 5) is 11.5. The zero-order chi connectivity index (χ0) is 15.0. The minimum atomic E-state index is 0.0302. The third-order valence-electron chi connectivity index (χ3n) is 4.02. The molecule has 3 aliphatic rings. The Kier molecular flexibility index (Phi) is 3.57. The molecular formula is C15H20N4O2. The number of nitrogens with one attached hydrogen (secondary N) is 3. The Balaban J connectivity index is 1.93. The summed E-state index contributed by atoms with van der Waals surface area (Å²) in [5.41, 5.74) is 11.3. The molecular weight excluding hydrogens is 268 g/mol. The fraction of sp³-hybridized carbons (Fsp3) is 0.400. The lowest BCUT2D eigenvalue weighted by atomic mass is 9.87. The summed E-state index contributed by atoms with van der Waals surface area (Å²) < 4.78 is 5.39. The Morgan fingerprint density at radius 2 is 2.29 bits per heavy atom. The van der Waals surface area contributed by atoms with E-state index in [4.69, 9.17) is 4.74 Å². The van der Waals surface area contributed by atoms with Crippen LogP contribution in [0.25, 0.3) is 0 Å². The van der Waals surface area contributed by atoms with Gasteiger partial charge in [-0.25, -0.2) is 15.9 Å². The average molecular weight is 288 g/mol. The van der Waals surface area contributed by atoms with Crippen molar-refractivity contribution in [2.24, 2.45) is 5.92 Å². The van der Waals surface area contributed by atoms with E-state index in [1.165, 1.54) is 0 Å². The number of ether oxygens (including phenoxy) is 1. The topological polar surface area (TPSA) is 65.6 Å². The third kappa shape index (κ3) is 2.36. The highest BCUT2D eigenvalue weighted by Gasteiger charge is 2.36. The fourth-order valence-corrected chi connectivity index (χ4v) is 2.92. The van der Waals surface area contributed by atoms with E-state index in [-0.39, 0.29) is 23.9 Å². The van der Waals surface area contributed by atoms with Gasteiger partial charge in [0.15, 0.2) is 0 Å². The Morgan fingerprint density at radius 1 is 1.48 bits per heavy atom. The van der Waals surface area contributed by atoms with Crippen LogP contribution in [0.15, 0.2) is 48.0 Å². The Morgan fingerprint density at radius 3 is 2.95 bits per heavy atom. The second kappa shape index (κ2) is 5.38. The van der Waals surface area contributed by atoms with Gasteiger partial charge >= 0.3 is 0 Å². The standard InChI is InChI=1S/C15H20N4O2/c1-4-10-8-12-11(5-6-14(21-3)19(12)18-10)15-9(2)7-13(20)16-17-15/h4-6,8-10,15,17-18H,1,7H2,2-3H3,(H,16,20). The first-order chi connectivity index (χ1) is 10.1. The first kappa shape index (κ1) is 13.9. The molecule has 0 bridgehead atoms. The molecule has 0 aromatic heterocycles. The van der Waals surface area contributed by atoms with E-state index in [0.717, 1.165) is 17.2 Å². The second-order valence-electron chi connectivity index (χ2n) is 5.46. The maximum atomic E-state index is 11.5. The molecule has 21 heavy (non-hydrogen) atoms. The van der Waals surface area contributed by atoms with Crippen LogP contribution >= 0.6 is 0 Å². The van der Waals surface area contributed by atoms with Crippen LogP contribution in [0, 0.1) is 5.92 Å². The molecule has 3 aliphatic heterocycles. The summed E-state index contributed by atoms with van der Waals surface area (Å²) in [6, 6.07) is 0.130. The lowest BCUT2D eigenvalue weighted by Crippen LogP contribution is -2.55. The van der Waals surface area contributed by atoms with Gasteiger partial charge in [0.25, 0.3) is 0 Å². The Bertz CT molecular complexity index is 564. The van der Waals surface area contributed by atoms with E-state index < -0.39 is 0 Å². The van der Waals surface area contributed by atoms with E-state index in [1.807, 2.05) is 23.2 Å². The monoisotopic (exact) mass is 288 g/mol. The third-order valence-corrected chi connectivity index (χ3v) is 4.02. The van der Waals surface area contributed by atoms with Crippen molar-refractivity contribution < 1.29 is 9.53 Å². The molecule has 1 saturated heterocycles. The Labute approximate surface area is 124 Å². The van der Waals surface area contributed by atoms with Gasteiger partial charge in [-0.1, -0.05) is 13.0 Å². The summed E-state index contributed by atoms with van der Waals surface area (Å²) in [6.07, 6.45) is 8.43. The maximum Gasteiger partial charge on any atom is 0.234 e. The number of carbonyl (C=O) groups is 1. The van der Waals surface area contributed by atoms with E-state index in [2.05, 4.69) is 35.9 Å². The highest BCUT2D eigenvalue weighted by atomic mass is 16.5. The molecule has 1 fully saturated rings. The van der Waals surface area contributed by atoms with E-state index in [9.17, 15) is 4.79 Å². The number of hydrazine groups is 2. The molecule has 3 atom stereocenters. The molecule has 3 unspecified atom stereocenters. The highest BCUT2D eigenvalue weighted by molar-refractivity contribution is 5.76. The van der Waals surface area contributed by atoms with Gasteiger partial charge in [0.1, 0.15) is 0 Å². The van der Waals surface area contributed by atoms with Crippen molar-refractivity contribution >= 4 is 5.91 Å². The lowest BCUT2D eigenvalue weighted by molar-refractivity contribution is -0.125. The Hall–Kier alpha value is -2.05. The largest absolute Gasteiger partial charge is 0.481 e. The van der Waals surface area contributed by atoms with Gasteiger partial charge in [-0.3, -0.25) is 10.2 Å². The fourth-order valence-electron chi connectivity index (χ4n) is 2.92. The van der Waals surface area contributed by atoms with Gasteiger partial charge in [0.05, 0.1) is 24.9 Å². The van der Waals surface area contributed by atoms with Crippen LogP contribution in [-0.2, 0) is 9.53 Å². The maximum absolute atomic E-state index is 11.5. The van der Waals surface area contributed by atoms with Crippen LogP contribution in [0.5, 0.6) is 0 Å². The molecule has 6 nitrogen and oxygen atoms in total. The van der Waals surface area contributed by atoms with Crippen LogP contribution in [0.2, 0.25) is 0 Å². The number of methoxy groups -OCH3 is 1. The van der Waals surface area contributed by atoms with Gasteiger partial charge in [-0.05, 0) is 23.6 Å². The van der Waals surface area contributed by atoms with Crippen LogP contribution in [-0.4, -0.2) is 30.1 Å². The predicted molar refractivity (Wildman–Crippen MR) is 79.1 cm³/mol. The highest BCUT2D eigenvalue weighted by Crippen LogP contribution is 2.33. The summed E-state index contributed by atoms with van der Waals surface area (Å²) >= 11 is 0. The van der Waals surface area contributed by atoms with Crippen molar-refractivity contribution in [3.8, 4) is 0 Å². The van der Waals surface area contributed by atoms with Crippen molar-refractivity contribution in [2.75, 3.05) is 7.11 Å². The summed E-state index contributed by atoms with van der Waals surface area (Å²) in [6.45, 7) is 5.90. The number of amides is 1. The van der Waals surface area contributed by atoms with Crippen molar-refractivity contribution in [2.45, 2.75) is 25.4 Å². The minimum absolute atomic E-state index is 0.0302. The molecule has 0 aliphatic carbocycles. The average Bonchev–Trinajstić information content (AvgIpc) is 2.91. The van der Waals surface area contributed by atoms with E-state index in [0.29, 0.717) is 6.42 Å². The number of rotatable bonds is 3. The SMILES string of the molecule is C=CC1C=C2C(C3NNC(=O)CC3C)=CC=C(OC)N2N1. The molecule has 0 saturated carbocycles. The summed E-state index contributed by atoms with van der Waals surface area (Å²) in [5.74, 6) is 0.984. The van der Waals surface area contributed by atoms with E-state index >= 15 is 0 Å². The zero-order valence-corrected chi connectivity index (χ0v) is 12.2. The molecule has 3 rings (SSSR count). The van der Waals surface area contributed by atoms with Gasteiger partial charge in [0.2, 0.25) is 11.8 Å². The molecule has 6 heteroatoms. The smallest absolute Gasteiger partial charge is 0.234 e. The number of nitrogens with zero attached hydrogens (tertiary/aromatic N) is 1. The molecule has 0 aromatic carbocycles. The molecule has 112 valence electrons. The minimum Gasteiger partial charge on any atom is -0.481 e. The van der Waals surface area contributed by atoms with E-state index in [1.54, 1.807) is 7.11 Å². The van der Waals surface area contributed by atoms with Gasteiger partial charge in [-0.15, -0.1) is 6.58 Å². The van der Waals surface area contributed by atoms with Crippen molar-refractivity contribution in [1.82, 2.24) is 21.3 Å². The van der Waals surface area contributed by atoms with Crippen molar-refractivity contribution in [1.29, 1.82) is 0 Å². The van der Waals surface area contributed by atoms with Crippen molar-refractivity contribution in [3.05, 3.63) is 48.0 Å². The number of hydrogen-bond acceptors (Lipinski definition) is 5. The number of fused-ring (bicyclic) bond motifs is 1. The normalized spacial score (nSPS) is 31.7.